The molecule has 0 saturated carbocycles. The van der Waals surface area contributed by atoms with E-state index >= 15 is 0 Å². The molecule has 2 amide bonds. The highest BCUT2D eigenvalue weighted by atomic mass is 32.2. The van der Waals surface area contributed by atoms with Crippen molar-refractivity contribution >= 4 is 29.3 Å². The number of para-hydroxylation sites is 1. The summed E-state index contributed by atoms with van der Waals surface area (Å²) >= 11 is 1.62. The van der Waals surface area contributed by atoms with Gasteiger partial charge in [0, 0.05) is 30.3 Å². The van der Waals surface area contributed by atoms with Gasteiger partial charge in [-0.2, -0.15) is 0 Å². The van der Waals surface area contributed by atoms with Crippen molar-refractivity contribution in [1.82, 2.24) is 10.2 Å². The van der Waals surface area contributed by atoms with Gasteiger partial charge in [-0.25, -0.2) is 0 Å². The number of fused-ring (bicyclic) bond motifs is 1. The standard InChI is InChI=1S/C15H17N3O4S/c1-15-7-6-13(19)17(15)12(9-23-15)14(20)16-8-10-4-2-3-5-11(10)18(21)22/h2-5,12H,6-9H2,1H3,(H,16,20). The van der Waals surface area contributed by atoms with E-state index in [4.69, 9.17) is 0 Å². The number of nitrogens with one attached hydrogen (secondary N) is 1. The van der Waals surface area contributed by atoms with Gasteiger partial charge in [-0.05, 0) is 13.3 Å². The molecule has 1 aromatic rings. The number of rotatable bonds is 4. The number of amides is 2. The minimum Gasteiger partial charge on any atom is -0.350 e. The Morgan fingerprint density at radius 1 is 1.52 bits per heavy atom. The molecule has 7 nitrogen and oxygen atoms in total. The maximum atomic E-state index is 12.4. The van der Waals surface area contributed by atoms with E-state index in [2.05, 4.69) is 5.32 Å². The third-order valence-electron chi connectivity index (χ3n) is 4.39. The third kappa shape index (κ3) is 2.78. The molecule has 0 aromatic heterocycles. The topological polar surface area (TPSA) is 92.6 Å². The molecule has 1 aromatic carbocycles. The molecule has 0 bridgehead atoms. The Morgan fingerprint density at radius 2 is 2.26 bits per heavy atom. The number of hydrogen-bond donors (Lipinski definition) is 1. The largest absolute Gasteiger partial charge is 0.350 e. The monoisotopic (exact) mass is 335 g/mol. The van der Waals surface area contributed by atoms with Gasteiger partial charge in [-0.3, -0.25) is 19.7 Å². The zero-order valence-electron chi connectivity index (χ0n) is 12.7. The zero-order chi connectivity index (χ0) is 16.6. The molecule has 2 saturated heterocycles. The molecule has 23 heavy (non-hydrogen) atoms. The third-order valence-corrected chi connectivity index (χ3v) is 5.89. The lowest BCUT2D eigenvalue weighted by atomic mass is 10.1. The molecule has 0 aliphatic carbocycles. The van der Waals surface area contributed by atoms with Gasteiger partial charge in [0.25, 0.3) is 5.69 Å². The molecular formula is C15H17N3O4S. The molecule has 2 heterocycles. The highest BCUT2D eigenvalue weighted by Crippen LogP contribution is 2.47. The first kappa shape index (κ1) is 15.8. The number of nitro benzene ring substituents is 1. The summed E-state index contributed by atoms with van der Waals surface area (Å²) in [5, 5.41) is 13.7. The fourth-order valence-electron chi connectivity index (χ4n) is 3.15. The van der Waals surface area contributed by atoms with Crippen LogP contribution < -0.4 is 5.32 Å². The van der Waals surface area contributed by atoms with E-state index in [1.54, 1.807) is 34.9 Å². The van der Waals surface area contributed by atoms with Crippen molar-refractivity contribution in [2.45, 2.75) is 37.2 Å². The Morgan fingerprint density at radius 3 is 3.00 bits per heavy atom. The van der Waals surface area contributed by atoms with Crippen LogP contribution in [-0.2, 0) is 16.1 Å². The van der Waals surface area contributed by atoms with Gasteiger partial charge in [-0.15, -0.1) is 11.8 Å². The second kappa shape index (κ2) is 5.84. The smallest absolute Gasteiger partial charge is 0.274 e. The van der Waals surface area contributed by atoms with Crippen LogP contribution in [0.15, 0.2) is 24.3 Å². The minimum absolute atomic E-state index is 0.00309. The lowest BCUT2D eigenvalue weighted by Crippen LogP contribution is -2.49. The van der Waals surface area contributed by atoms with Gasteiger partial charge >= 0.3 is 0 Å². The number of carbonyl (C=O) groups excluding carboxylic acids is 2. The first-order valence-electron chi connectivity index (χ1n) is 7.38. The molecule has 2 unspecified atom stereocenters. The number of nitrogens with zero attached hydrogens (tertiary/aromatic N) is 2. The molecule has 2 aliphatic heterocycles. The molecule has 122 valence electrons. The predicted octanol–water partition coefficient (Wildman–Crippen LogP) is 1.66. The van der Waals surface area contributed by atoms with E-state index in [1.165, 1.54) is 6.07 Å². The molecular weight excluding hydrogens is 318 g/mol. The van der Waals surface area contributed by atoms with Gasteiger partial charge in [0.05, 0.1) is 9.79 Å². The Kier molecular flexibility index (Phi) is 4.01. The van der Waals surface area contributed by atoms with E-state index < -0.39 is 11.0 Å². The predicted molar refractivity (Wildman–Crippen MR) is 85.7 cm³/mol. The van der Waals surface area contributed by atoms with Gasteiger partial charge in [-0.1, -0.05) is 18.2 Å². The van der Waals surface area contributed by atoms with E-state index in [9.17, 15) is 19.7 Å². The van der Waals surface area contributed by atoms with Crippen molar-refractivity contribution in [2.24, 2.45) is 0 Å². The number of carbonyl (C=O) groups is 2. The molecule has 2 fully saturated rings. The van der Waals surface area contributed by atoms with Crippen molar-refractivity contribution in [3.63, 3.8) is 0 Å². The Balaban J connectivity index is 1.69. The minimum atomic E-state index is -0.497. The molecule has 3 rings (SSSR count). The van der Waals surface area contributed by atoms with Crippen LogP contribution in [0.4, 0.5) is 5.69 Å². The van der Waals surface area contributed by atoms with E-state index in [0.717, 1.165) is 6.42 Å². The van der Waals surface area contributed by atoms with Crippen LogP contribution in [0.3, 0.4) is 0 Å². The average molecular weight is 335 g/mol. The SMILES string of the molecule is CC12CCC(=O)N1C(C(=O)NCc1ccccc1[N+](=O)[O-])CS2. The summed E-state index contributed by atoms with van der Waals surface area (Å²) in [6.45, 7) is 2.06. The molecule has 8 heteroatoms. The highest BCUT2D eigenvalue weighted by molar-refractivity contribution is 8.01. The number of hydrogen-bond acceptors (Lipinski definition) is 5. The van der Waals surface area contributed by atoms with Crippen LogP contribution in [0.25, 0.3) is 0 Å². The Hall–Kier alpha value is -2.09. The van der Waals surface area contributed by atoms with E-state index in [1.807, 2.05) is 6.92 Å². The van der Waals surface area contributed by atoms with Crippen molar-refractivity contribution in [2.75, 3.05) is 5.75 Å². The highest BCUT2D eigenvalue weighted by Gasteiger charge is 2.52. The van der Waals surface area contributed by atoms with Crippen LogP contribution in [0.5, 0.6) is 0 Å². The van der Waals surface area contributed by atoms with Gasteiger partial charge in [0.1, 0.15) is 6.04 Å². The fraction of sp³-hybridized carbons (Fsp3) is 0.467. The van der Waals surface area contributed by atoms with E-state index in [-0.39, 0.29) is 28.9 Å². The van der Waals surface area contributed by atoms with Crippen molar-refractivity contribution in [1.29, 1.82) is 0 Å². The lowest BCUT2D eigenvalue weighted by Gasteiger charge is -2.29. The van der Waals surface area contributed by atoms with Crippen molar-refractivity contribution < 1.29 is 14.5 Å². The van der Waals surface area contributed by atoms with Crippen LogP contribution in [0, 0.1) is 10.1 Å². The second-order valence-corrected chi connectivity index (χ2v) is 7.37. The molecule has 1 N–H and O–H groups in total. The van der Waals surface area contributed by atoms with Crippen LogP contribution in [0.1, 0.15) is 25.3 Å². The quantitative estimate of drug-likeness (QED) is 0.667. The summed E-state index contributed by atoms with van der Waals surface area (Å²) < 4.78 is 0. The normalized spacial score (nSPS) is 26.2. The Labute approximate surface area is 137 Å². The molecule has 0 spiro atoms. The number of nitro groups is 1. The maximum absolute atomic E-state index is 12.4. The van der Waals surface area contributed by atoms with Gasteiger partial charge < -0.3 is 10.2 Å². The molecule has 2 aliphatic rings. The number of thioether (sulfide) groups is 1. The number of benzene rings is 1. The van der Waals surface area contributed by atoms with Crippen LogP contribution in [-0.4, -0.2) is 38.3 Å². The first-order chi connectivity index (χ1) is 10.9. The van der Waals surface area contributed by atoms with Crippen LogP contribution >= 0.6 is 11.8 Å². The lowest BCUT2D eigenvalue weighted by molar-refractivity contribution is -0.385. The van der Waals surface area contributed by atoms with Crippen LogP contribution in [0.2, 0.25) is 0 Å². The first-order valence-corrected chi connectivity index (χ1v) is 8.37. The summed E-state index contributed by atoms with van der Waals surface area (Å²) in [4.78, 5) is 36.4. The summed E-state index contributed by atoms with van der Waals surface area (Å²) in [6, 6.07) is 5.82. The summed E-state index contributed by atoms with van der Waals surface area (Å²) in [7, 11) is 0. The summed E-state index contributed by atoms with van der Waals surface area (Å²) in [5.74, 6) is 0.309. The molecule has 2 atom stereocenters. The zero-order valence-corrected chi connectivity index (χ0v) is 13.5. The van der Waals surface area contributed by atoms with Crippen molar-refractivity contribution in [3.8, 4) is 0 Å². The maximum Gasteiger partial charge on any atom is 0.274 e. The fourth-order valence-corrected chi connectivity index (χ4v) is 4.59. The second-order valence-electron chi connectivity index (χ2n) is 5.87. The summed E-state index contributed by atoms with van der Waals surface area (Å²) in [5.41, 5.74) is 0.433. The van der Waals surface area contributed by atoms with E-state index in [0.29, 0.717) is 17.7 Å². The van der Waals surface area contributed by atoms with Crippen molar-refractivity contribution in [3.05, 3.63) is 39.9 Å². The average Bonchev–Trinajstić information content (AvgIpc) is 3.02. The summed E-state index contributed by atoms with van der Waals surface area (Å²) in [6.07, 6.45) is 1.22. The van der Waals surface area contributed by atoms with Gasteiger partial charge in [0.2, 0.25) is 11.8 Å². The van der Waals surface area contributed by atoms with Gasteiger partial charge in [0.15, 0.2) is 0 Å². The molecule has 0 radical (unpaired) electrons. The Bertz CT molecular complexity index is 680.